The summed E-state index contributed by atoms with van der Waals surface area (Å²) in [4.78, 5) is 16.7. The van der Waals surface area contributed by atoms with Crippen LogP contribution in [0.4, 0.5) is 0 Å². The van der Waals surface area contributed by atoms with E-state index >= 15 is 0 Å². The smallest absolute Gasteiger partial charge is 0.264 e. The fraction of sp³-hybridized carbons (Fsp3) is 0.667. The second-order valence-electron chi connectivity index (χ2n) is 5.97. The van der Waals surface area contributed by atoms with Crippen LogP contribution in [0.5, 0.6) is 0 Å². The Bertz CT molecular complexity index is 626. The maximum atomic E-state index is 12.8. The molecule has 1 aliphatic carbocycles. The van der Waals surface area contributed by atoms with Crippen molar-refractivity contribution in [3.8, 4) is 0 Å². The first kappa shape index (κ1) is 15.0. The van der Waals surface area contributed by atoms with Gasteiger partial charge in [-0.05, 0) is 43.7 Å². The Hall–Kier alpha value is -0.880. The number of fused-ring (bicyclic) bond motifs is 1. The first-order valence-electron chi connectivity index (χ1n) is 7.63. The molecule has 116 valence electrons. The van der Waals surface area contributed by atoms with Gasteiger partial charge < -0.3 is 4.90 Å². The van der Waals surface area contributed by atoms with Gasteiger partial charge in [-0.1, -0.05) is 6.92 Å². The third-order valence-electron chi connectivity index (χ3n) is 4.33. The summed E-state index contributed by atoms with van der Waals surface area (Å²) >= 11 is 1.60. The Kier molecular flexibility index (Phi) is 4.10. The highest BCUT2D eigenvalue weighted by molar-refractivity contribution is 7.91. The second-order valence-corrected chi connectivity index (χ2v) is 9.33. The standard InChI is InChI=1S/C15H21NO3S2/c1-2-7-16(12-6-8-21(18,19)10-12)15(17)14-9-11-4-3-5-13(11)20-14/h9,12H,2-8,10H2,1H3/t12-/m0/s1. The Balaban J connectivity index is 1.81. The minimum absolute atomic E-state index is 0.0263. The van der Waals surface area contributed by atoms with Crippen molar-refractivity contribution in [2.45, 2.75) is 45.1 Å². The van der Waals surface area contributed by atoms with Crippen LogP contribution in [0, 0.1) is 0 Å². The molecule has 0 spiro atoms. The molecule has 21 heavy (non-hydrogen) atoms. The van der Waals surface area contributed by atoms with E-state index in [-0.39, 0.29) is 23.5 Å². The van der Waals surface area contributed by atoms with Gasteiger partial charge in [0.15, 0.2) is 9.84 Å². The lowest BCUT2D eigenvalue weighted by Gasteiger charge is -2.27. The summed E-state index contributed by atoms with van der Waals surface area (Å²) in [7, 11) is -2.96. The van der Waals surface area contributed by atoms with Gasteiger partial charge in [-0.15, -0.1) is 11.3 Å². The zero-order valence-electron chi connectivity index (χ0n) is 12.3. The fourth-order valence-corrected chi connectivity index (χ4v) is 6.23. The van der Waals surface area contributed by atoms with Gasteiger partial charge in [-0.3, -0.25) is 4.79 Å². The number of hydrogen-bond acceptors (Lipinski definition) is 4. The lowest BCUT2D eigenvalue weighted by Crippen LogP contribution is -2.41. The molecule has 4 nitrogen and oxygen atoms in total. The highest BCUT2D eigenvalue weighted by Gasteiger charge is 2.35. The molecular weight excluding hydrogens is 306 g/mol. The van der Waals surface area contributed by atoms with Crippen LogP contribution in [0.25, 0.3) is 0 Å². The summed E-state index contributed by atoms with van der Waals surface area (Å²) in [6.07, 6.45) is 4.78. The molecule has 2 aliphatic rings. The van der Waals surface area contributed by atoms with Crippen LogP contribution in [0.1, 0.15) is 46.3 Å². The number of amides is 1. The summed E-state index contributed by atoms with van der Waals surface area (Å²) in [6, 6.07) is 1.89. The van der Waals surface area contributed by atoms with E-state index in [1.165, 1.54) is 16.9 Å². The van der Waals surface area contributed by atoms with Crippen molar-refractivity contribution >= 4 is 27.1 Å². The van der Waals surface area contributed by atoms with Crippen molar-refractivity contribution in [1.82, 2.24) is 4.90 Å². The third-order valence-corrected chi connectivity index (χ3v) is 7.31. The highest BCUT2D eigenvalue weighted by atomic mass is 32.2. The highest BCUT2D eigenvalue weighted by Crippen LogP contribution is 2.32. The zero-order valence-corrected chi connectivity index (χ0v) is 13.9. The van der Waals surface area contributed by atoms with E-state index in [2.05, 4.69) is 0 Å². The molecule has 0 unspecified atom stereocenters. The predicted octanol–water partition coefficient (Wildman–Crippen LogP) is 2.28. The summed E-state index contributed by atoms with van der Waals surface area (Å²) in [5.41, 5.74) is 1.32. The minimum Gasteiger partial charge on any atom is -0.334 e. The number of aryl methyl sites for hydroxylation is 2. The monoisotopic (exact) mass is 327 g/mol. The number of nitrogens with zero attached hydrogens (tertiary/aromatic N) is 1. The van der Waals surface area contributed by atoms with Gasteiger partial charge in [0.25, 0.3) is 5.91 Å². The van der Waals surface area contributed by atoms with Crippen LogP contribution < -0.4 is 0 Å². The molecular formula is C15H21NO3S2. The van der Waals surface area contributed by atoms with E-state index in [4.69, 9.17) is 0 Å². The maximum absolute atomic E-state index is 12.8. The SMILES string of the molecule is CCCN(C(=O)c1cc2c(s1)CCC2)[C@H]1CCS(=O)(=O)C1. The Morgan fingerprint density at radius 2 is 2.24 bits per heavy atom. The fourth-order valence-electron chi connectivity index (χ4n) is 3.29. The van der Waals surface area contributed by atoms with Crippen molar-refractivity contribution in [1.29, 1.82) is 0 Å². The van der Waals surface area contributed by atoms with E-state index in [0.717, 1.165) is 24.1 Å². The van der Waals surface area contributed by atoms with Crippen LogP contribution in [0.3, 0.4) is 0 Å². The van der Waals surface area contributed by atoms with E-state index in [1.54, 1.807) is 16.2 Å². The molecule has 1 atom stereocenters. The lowest BCUT2D eigenvalue weighted by molar-refractivity contribution is 0.0702. The summed E-state index contributed by atoms with van der Waals surface area (Å²) in [5, 5.41) is 0. The molecule has 1 saturated heterocycles. The minimum atomic E-state index is -2.96. The van der Waals surface area contributed by atoms with Gasteiger partial charge in [0.2, 0.25) is 0 Å². The average Bonchev–Trinajstić information content (AvgIpc) is 3.08. The number of rotatable bonds is 4. The molecule has 2 heterocycles. The van der Waals surface area contributed by atoms with Crippen molar-refractivity contribution < 1.29 is 13.2 Å². The van der Waals surface area contributed by atoms with Crippen molar-refractivity contribution in [3.63, 3.8) is 0 Å². The van der Waals surface area contributed by atoms with Gasteiger partial charge in [0.1, 0.15) is 0 Å². The molecule has 1 aliphatic heterocycles. The Morgan fingerprint density at radius 1 is 1.43 bits per heavy atom. The molecule has 0 radical (unpaired) electrons. The first-order chi connectivity index (χ1) is 10.00. The molecule has 1 fully saturated rings. The largest absolute Gasteiger partial charge is 0.334 e. The summed E-state index contributed by atoms with van der Waals surface area (Å²) in [6.45, 7) is 2.67. The number of carbonyl (C=O) groups is 1. The van der Waals surface area contributed by atoms with E-state index in [9.17, 15) is 13.2 Å². The van der Waals surface area contributed by atoms with E-state index < -0.39 is 9.84 Å². The van der Waals surface area contributed by atoms with Crippen LogP contribution in [-0.4, -0.2) is 43.3 Å². The number of carbonyl (C=O) groups excluding carboxylic acids is 1. The molecule has 1 amide bonds. The van der Waals surface area contributed by atoms with Gasteiger partial charge in [-0.25, -0.2) is 8.42 Å². The summed E-state index contributed by atoms with van der Waals surface area (Å²) < 4.78 is 23.4. The third kappa shape index (κ3) is 3.01. The van der Waals surface area contributed by atoms with Crippen LogP contribution in [-0.2, 0) is 22.7 Å². The second kappa shape index (κ2) is 5.72. The first-order valence-corrected chi connectivity index (χ1v) is 10.3. The molecule has 0 N–H and O–H groups in total. The Labute approximate surface area is 130 Å². The number of hydrogen-bond donors (Lipinski definition) is 0. The molecule has 6 heteroatoms. The molecule has 0 saturated carbocycles. The van der Waals surface area contributed by atoms with Crippen LogP contribution in [0.15, 0.2) is 6.07 Å². The quantitative estimate of drug-likeness (QED) is 0.852. The van der Waals surface area contributed by atoms with Crippen molar-refractivity contribution in [2.24, 2.45) is 0 Å². The van der Waals surface area contributed by atoms with Gasteiger partial charge in [0.05, 0.1) is 16.4 Å². The van der Waals surface area contributed by atoms with E-state index in [0.29, 0.717) is 13.0 Å². The number of thiophene rings is 1. The normalized spacial score (nSPS) is 23.2. The average molecular weight is 327 g/mol. The number of sulfone groups is 1. The van der Waals surface area contributed by atoms with Crippen molar-refractivity contribution in [3.05, 3.63) is 21.4 Å². The molecule has 3 rings (SSSR count). The topological polar surface area (TPSA) is 54.5 Å². The molecule has 1 aromatic rings. The molecule has 1 aromatic heterocycles. The van der Waals surface area contributed by atoms with Gasteiger partial charge in [0, 0.05) is 17.5 Å². The van der Waals surface area contributed by atoms with Gasteiger partial charge in [-0.2, -0.15) is 0 Å². The van der Waals surface area contributed by atoms with E-state index in [1.807, 2.05) is 13.0 Å². The maximum Gasteiger partial charge on any atom is 0.264 e. The lowest BCUT2D eigenvalue weighted by atomic mass is 10.2. The van der Waals surface area contributed by atoms with Crippen molar-refractivity contribution in [2.75, 3.05) is 18.1 Å². The van der Waals surface area contributed by atoms with Crippen LogP contribution in [0.2, 0.25) is 0 Å². The van der Waals surface area contributed by atoms with Gasteiger partial charge >= 0.3 is 0 Å². The van der Waals surface area contributed by atoms with Crippen LogP contribution >= 0.6 is 11.3 Å². The zero-order chi connectivity index (χ0) is 15.0. The molecule has 0 bridgehead atoms. The predicted molar refractivity (Wildman–Crippen MR) is 84.7 cm³/mol. The summed E-state index contributed by atoms with van der Waals surface area (Å²) in [5.74, 6) is 0.369. The molecule has 0 aromatic carbocycles. The Morgan fingerprint density at radius 3 is 2.86 bits per heavy atom.